The summed E-state index contributed by atoms with van der Waals surface area (Å²) < 4.78 is 9.99. The van der Waals surface area contributed by atoms with Gasteiger partial charge in [0.05, 0.1) is 13.5 Å². The van der Waals surface area contributed by atoms with Gasteiger partial charge in [-0.25, -0.2) is 0 Å². The van der Waals surface area contributed by atoms with Crippen molar-refractivity contribution in [2.45, 2.75) is 19.4 Å². The van der Waals surface area contributed by atoms with Crippen LogP contribution in [0.1, 0.15) is 23.7 Å². The molecule has 0 unspecified atom stereocenters. The smallest absolute Gasteiger partial charge is 0.308 e. The maximum atomic E-state index is 12.4. The van der Waals surface area contributed by atoms with E-state index in [0.29, 0.717) is 24.4 Å². The zero-order chi connectivity index (χ0) is 18.4. The number of Topliss-reactive ketones (excluding diaryl/α,β-unsaturated/α-hetero) is 1. The molecule has 1 aliphatic rings. The Kier molecular flexibility index (Phi) is 6.10. The number of hydrogen-bond donors (Lipinski definition) is 1. The lowest BCUT2D eigenvalue weighted by Gasteiger charge is -2.34. The molecule has 1 N–H and O–H groups in total. The minimum Gasteiger partial charge on any atom is -0.484 e. The number of benzene rings is 1. The van der Waals surface area contributed by atoms with Crippen LogP contribution < -0.4 is 10.1 Å². The number of esters is 1. The number of methoxy groups -OCH3 is 1. The summed E-state index contributed by atoms with van der Waals surface area (Å²) in [6, 6.07) is 5.50. The maximum Gasteiger partial charge on any atom is 0.308 e. The summed E-state index contributed by atoms with van der Waals surface area (Å²) >= 11 is 0. The molecule has 1 heterocycles. The molecule has 2 rings (SSSR count). The van der Waals surface area contributed by atoms with E-state index in [4.69, 9.17) is 4.74 Å². The molecule has 1 aliphatic heterocycles. The first kappa shape index (κ1) is 18.4. The number of carbonyl (C=O) groups is 4. The highest BCUT2D eigenvalue weighted by Crippen LogP contribution is 2.14. The van der Waals surface area contributed by atoms with Crippen LogP contribution in [0.4, 0.5) is 0 Å². The number of ketones is 1. The lowest BCUT2D eigenvalue weighted by atomic mass is 10.1. The number of piperazine rings is 1. The van der Waals surface area contributed by atoms with Crippen molar-refractivity contribution in [2.24, 2.45) is 0 Å². The molecule has 1 atom stereocenters. The molecule has 0 aromatic heterocycles. The number of nitrogens with one attached hydrogen (secondary N) is 1. The highest BCUT2D eigenvalue weighted by atomic mass is 16.5. The molecule has 0 bridgehead atoms. The highest BCUT2D eigenvalue weighted by Gasteiger charge is 2.35. The third kappa shape index (κ3) is 4.79. The van der Waals surface area contributed by atoms with Crippen LogP contribution in [0.15, 0.2) is 24.3 Å². The van der Waals surface area contributed by atoms with Crippen molar-refractivity contribution in [2.75, 3.05) is 26.8 Å². The third-order valence-electron chi connectivity index (χ3n) is 3.86. The van der Waals surface area contributed by atoms with E-state index in [-0.39, 0.29) is 18.8 Å². The predicted molar refractivity (Wildman–Crippen MR) is 87.1 cm³/mol. The number of nitrogens with zero attached hydrogens (tertiary/aromatic N) is 1. The number of rotatable bonds is 6. The minimum atomic E-state index is -0.905. The molecule has 25 heavy (non-hydrogen) atoms. The summed E-state index contributed by atoms with van der Waals surface area (Å²) in [4.78, 5) is 48.3. The van der Waals surface area contributed by atoms with Crippen molar-refractivity contribution < 1.29 is 28.7 Å². The van der Waals surface area contributed by atoms with E-state index in [1.807, 2.05) is 0 Å². The average Bonchev–Trinajstić information content (AvgIpc) is 2.61. The standard InChI is InChI=1S/C17H20N2O6/c1-11(20)12-3-5-13(6-4-12)25-10-15(21)19-8-7-18-17(23)14(19)9-16(22)24-2/h3-6,14H,7-10H2,1-2H3,(H,18,23)/t14-/m0/s1. The topological polar surface area (TPSA) is 102 Å². The normalized spacial score (nSPS) is 16.8. The molecule has 8 nitrogen and oxygen atoms in total. The van der Waals surface area contributed by atoms with Crippen LogP contribution >= 0.6 is 0 Å². The number of ether oxygens (including phenoxy) is 2. The van der Waals surface area contributed by atoms with Crippen LogP contribution in [-0.4, -0.2) is 61.3 Å². The Balaban J connectivity index is 1.98. The first-order valence-corrected chi connectivity index (χ1v) is 7.80. The van der Waals surface area contributed by atoms with Gasteiger partial charge in [0.1, 0.15) is 11.8 Å². The third-order valence-corrected chi connectivity index (χ3v) is 3.86. The van der Waals surface area contributed by atoms with E-state index < -0.39 is 23.8 Å². The summed E-state index contributed by atoms with van der Waals surface area (Å²) in [5, 5.41) is 2.62. The molecule has 0 radical (unpaired) electrons. The molecule has 0 aliphatic carbocycles. The SMILES string of the molecule is COC(=O)C[C@H]1C(=O)NCCN1C(=O)COc1ccc(C(C)=O)cc1. The van der Waals surface area contributed by atoms with Crippen LogP contribution in [0.2, 0.25) is 0 Å². The summed E-state index contributed by atoms with van der Waals surface area (Å²) in [6.45, 7) is 1.79. The molecule has 0 saturated carbocycles. The van der Waals surface area contributed by atoms with Crippen LogP contribution in [0.3, 0.4) is 0 Å². The average molecular weight is 348 g/mol. The van der Waals surface area contributed by atoms with Gasteiger partial charge in [0.25, 0.3) is 5.91 Å². The van der Waals surface area contributed by atoms with Crippen LogP contribution in [0.25, 0.3) is 0 Å². The first-order chi connectivity index (χ1) is 11.9. The summed E-state index contributed by atoms with van der Waals surface area (Å²) in [7, 11) is 1.23. The van der Waals surface area contributed by atoms with E-state index in [1.165, 1.54) is 18.9 Å². The van der Waals surface area contributed by atoms with Crippen LogP contribution in [-0.2, 0) is 19.1 Å². The van der Waals surface area contributed by atoms with Crippen molar-refractivity contribution in [1.82, 2.24) is 10.2 Å². The zero-order valence-corrected chi connectivity index (χ0v) is 14.1. The maximum absolute atomic E-state index is 12.4. The van der Waals surface area contributed by atoms with Gasteiger partial charge < -0.3 is 19.7 Å². The van der Waals surface area contributed by atoms with Gasteiger partial charge in [0.2, 0.25) is 5.91 Å². The van der Waals surface area contributed by atoms with E-state index in [0.717, 1.165) is 0 Å². The molecule has 1 fully saturated rings. The molecule has 8 heteroatoms. The fourth-order valence-corrected chi connectivity index (χ4v) is 2.47. The molecule has 2 amide bonds. The number of hydrogen-bond acceptors (Lipinski definition) is 6. The van der Waals surface area contributed by atoms with Gasteiger partial charge in [-0.3, -0.25) is 19.2 Å². The summed E-state index contributed by atoms with van der Waals surface area (Å²) in [6.07, 6.45) is -0.207. The van der Waals surface area contributed by atoms with Crippen molar-refractivity contribution in [3.8, 4) is 5.75 Å². The van der Waals surface area contributed by atoms with Gasteiger partial charge in [0, 0.05) is 18.7 Å². The Morgan fingerprint density at radius 3 is 2.52 bits per heavy atom. The lowest BCUT2D eigenvalue weighted by molar-refractivity contribution is -0.151. The highest BCUT2D eigenvalue weighted by molar-refractivity contribution is 5.94. The van der Waals surface area contributed by atoms with E-state index in [9.17, 15) is 19.2 Å². The molecule has 1 saturated heterocycles. The van der Waals surface area contributed by atoms with Crippen molar-refractivity contribution >= 4 is 23.6 Å². The van der Waals surface area contributed by atoms with Crippen LogP contribution in [0, 0.1) is 0 Å². The van der Waals surface area contributed by atoms with Crippen LogP contribution in [0.5, 0.6) is 5.75 Å². The van der Waals surface area contributed by atoms with E-state index in [1.54, 1.807) is 24.3 Å². The Morgan fingerprint density at radius 1 is 1.24 bits per heavy atom. The van der Waals surface area contributed by atoms with Gasteiger partial charge in [0.15, 0.2) is 12.4 Å². The molecule has 1 aromatic carbocycles. The lowest BCUT2D eigenvalue weighted by Crippen LogP contribution is -2.58. The Labute approximate surface area is 145 Å². The quantitative estimate of drug-likeness (QED) is 0.580. The van der Waals surface area contributed by atoms with Crippen molar-refractivity contribution in [1.29, 1.82) is 0 Å². The molecule has 134 valence electrons. The molecular weight excluding hydrogens is 328 g/mol. The number of amides is 2. The monoisotopic (exact) mass is 348 g/mol. The Morgan fingerprint density at radius 2 is 1.92 bits per heavy atom. The fourth-order valence-electron chi connectivity index (χ4n) is 2.47. The van der Waals surface area contributed by atoms with Gasteiger partial charge in [-0.15, -0.1) is 0 Å². The van der Waals surface area contributed by atoms with Gasteiger partial charge in [-0.1, -0.05) is 0 Å². The minimum absolute atomic E-state index is 0.0624. The van der Waals surface area contributed by atoms with Gasteiger partial charge >= 0.3 is 5.97 Å². The fraction of sp³-hybridized carbons (Fsp3) is 0.412. The van der Waals surface area contributed by atoms with Gasteiger partial charge in [-0.2, -0.15) is 0 Å². The molecule has 0 spiro atoms. The second kappa shape index (κ2) is 8.27. The van der Waals surface area contributed by atoms with E-state index in [2.05, 4.69) is 10.1 Å². The second-order valence-corrected chi connectivity index (χ2v) is 5.54. The summed E-state index contributed by atoms with van der Waals surface area (Å²) in [5.41, 5.74) is 0.546. The molecule has 1 aromatic rings. The summed E-state index contributed by atoms with van der Waals surface area (Å²) in [5.74, 6) is -0.993. The van der Waals surface area contributed by atoms with Gasteiger partial charge in [-0.05, 0) is 31.2 Å². The second-order valence-electron chi connectivity index (χ2n) is 5.54. The Hall–Kier alpha value is -2.90. The van der Waals surface area contributed by atoms with Crippen molar-refractivity contribution in [3.05, 3.63) is 29.8 Å². The first-order valence-electron chi connectivity index (χ1n) is 7.80. The van der Waals surface area contributed by atoms with E-state index >= 15 is 0 Å². The van der Waals surface area contributed by atoms with Crippen molar-refractivity contribution in [3.63, 3.8) is 0 Å². The molecular formula is C17H20N2O6. The Bertz CT molecular complexity index is 670. The number of carbonyl (C=O) groups excluding carboxylic acids is 4. The largest absolute Gasteiger partial charge is 0.484 e. The zero-order valence-electron chi connectivity index (χ0n) is 14.1. The predicted octanol–water partition coefficient (Wildman–Crippen LogP) is 0.158.